The van der Waals surface area contributed by atoms with Crippen molar-refractivity contribution in [2.45, 2.75) is 20.3 Å². The Morgan fingerprint density at radius 1 is 1.45 bits per heavy atom. The van der Waals surface area contributed by atoms with Gasteiger partial charge in [0.05, 0.1) is 26.9 Å². The molecule has 1 fully saturated rings. The van der Waals surface area contributed by atoms with E-state index in [4.69, 9.17) is 5.14 Å². The normalized spacial score (nSPS) is 23.6. The first-order valence-corrected chi connectivity index (χ1v) is 11.0. The number of nitrogens with two attached hydrogens (primary N) is 1. The summed E-state index contributed by atoms with van der Waals surface area (Å²) in [5.74, 6) is 0. The molecule has 1 aromatic rings. The molecule has 2 N–H and O–H groups in total. The highest BCUT2D eigenvalue weighted by Crippen LogP contribution is 2.30. The molecule has 10 heteroatoms. The highest BCUT2D eigenvalue weighted by molar-refractivity contribution is 14.1. The molecule has 0 amide bonds. The van der Waals surface area contributed by atoms with Crippen LogP contribution in [0.5, 0.6) is 0 Å². The van der Waals surface area contributed by atoms with Gasteiger partial charge in [0, 0.05) is 29.3 Å². The number of hydrogen-bond acceptors (Lipinski definition) is 4. The van der Waals surface area contributed by atoms with Crippen molar-refractivity contribution < 1.29 is 8.42 Å². The van der Waals surface area contributed by atoms with Gasteiger partial charge in [-0.2, -0.15) is 0 Å². The maximum atomic E-state index is 12.0. The number of likely N-dealkylation sites (tertiary alicyclic amines) is 1. The van der Waals surface area contributed by atoms with Gasteiger partial charge >= 0.3 is 0 Å². The number of aromatic nitrogens is 1. The van der Waals surface area contributed by atoms with E-state index in [0.29, 0.717) is 17.5 Å². The summed E-state index contributed by atoms with van der Waals surface area (Å²) >= 11 is 6.21. The Balaban J connectivity index is 2.18. The maximum absolute atomic E-state index is 12.0. The number of halogens is 3. The molecule has 2 rings (SSSR count). The van der Waals surface area contributed by atoms with Crippen molar-refractivity contribution in [3.05, 3.63) is 33.7 Å². The molecule has 20 heavy (non-hydrogen) atoms. The minimum absolute atomic E-state index is 0.00831. The highest BCUT2D eigenvalue weighted by atomic mass is 127. The van der Waals surface area contributed by atoms with Crippen LogP contribution in [0.25, 0.3) is 0 Å². The lowest BCUT2D eigenvalue weighted by atomic mass is 10.1. The van der Waals surface area contributed by atoms with Gasteiger partial charge in [-0.3, -0.25) is 12.5 Å². The molecular weight excluding hydrogens is 623 g/mol. The van der Waals surface area contributed by atoms with Crippen LogP contribution >= 0.6 is 68.0 Å². The van der Waals surface area contributed by atoms with Crippen LogP contribution in [0.1, 0.15) is 11.1 Å². The monoisotopic (exact) mass is 635 g/mol. The Morgan fingerprint density at radius 3 is 2.60 bits per heavy atom. The van der Waals surface area contributed by atoms with Gasteiger partial charge in [0.15, 0.2) is 0 Å². The molecule has 1 aromatic heterocycles. The van der Waals surface area contributed by atoms with Crippen molar-refractivity contribution in [3.63, 3.8) is 0 Å². The second-order valence-corrected chi connectivity index (χ2v) is 9.36. The van der Waals surface area contributed by atoms with E-state index < -0.39 is 15.3 Å². The van der Waals surface area contributed by atoms with Crippen molar-refractivity contribution in [1.82, 2.24) is 7.68 Å². The van der Waals surface area contributed by atoms with E-state index in [1.165, 1.54) is 2.78 Å². The molecule has 0 saturated carbocycles. The number of pyridine rings is 1. The molecule has 0 spiro atoms. The lowest BCUT2D eigenvalue weighted by molar-refractivity contribution is 0.161. The molecule has 0 radical (unpaired) electrons. The number of sulfonamides is 1. The van der Waals surface area contributed by atoms with Gasteiger partial charge in [0.25, 0.3) is 5.56 Å². The molecule has 2 atom stereocenters. The first-order valence-electron chi connectivity index (χ1n) is 5.61. The third kappa shape index (κ3) is 3.49. The van der Waals surface area contributed by atoms with Gasteiger partial charge in [0.2, 0.25) is 10.0 Å². The molecule has 112 valence electrons. The Morgan fingerprint density at radius 2 is 2.10 bits per heavy atom. The molecular formula is C10H12I3N3O3S. The topological polar surface area (TPSA) is 85.4 Å². The van der Waals surface area contributed by atoms with Crippen molar-refractivity contribution in [2.75, 3.05) is 6.54 Å². The Labute approximate surface area is 158 Å². The first kappa shape index (κ1) is 17.4. The van der Waals surface area contributed by atoms with Gasteiger partial charge < -0.3 is 0 Å². The predicted octanol–water partition coefficient (Wildman–Crippen LogP) is 1.22. The van der Waals surface area contributed by atoms with Crippen LogP contribution in [0.2, 0.25) is 0 Å². The third-order valence-electron chi connectivity index (χ3n) is 3.25. The summed E-state index contributed by atoms with van der Waals surface area (Å²) in [6.07, 6.45) is 1.73. The van der Waals surface area contributed by atoms with E-state index in [1.807, 2.05) is 33.8 Å². The van der Waals surface area contributed by atoms with Gasteiger partial charge in [0.1, 0.15) is 5.25 Å². The van der Waals surface area contributed by atoms with E-state index in [-0.39, 0.29) is 9.61 Å². The zero-order valence-corrected chi connectivity index (χ0v) is 17.5. The summed E-state index contributed by atoms with van der Waals surface area (Å²) in [6, 6.07) is 1.91. The van der Waals surface area contributed by atoms with Crippen LogP contribution < -0.4 is 10.7 Å². The fourth-order valence-electron chi connectivity index (χ4n) is 2.03. The molecule has 0 aromatic carbocycles. The van der Waals surface area contributed by atoms with Crippen LogP contribution in [0.3, 0.4) is 0 Å². The lowest BCUT2D eigenvalue weighted by Crippen LogP contribution is -2.61. The number of nitrogens with zero attached hydrogens (tertiary/aromatic N) is 2. The smallest absolute Gasteiger partial charge is 0.263 e. The first-order chi connectivity index (χ1) is 9.25. The largest absolute Gasteiger partial charge is 0.285 e. The van der Waals surface area contributed by atoms with Crippen molar-refractivity contribution >= 4 is 78.1 Å². The van der Waals surface area contributed by atoms with Crippen molar-refractivity contribution in [1.29, 1.82) is 0 Å². The summed E-state index contributed by atoms with van der Waals surface area (Å²) in [5, 5.41) is 4.65. The van der Waals surface area contributed by atoms with Gasteiger partial charge in [-0.1, -0.05) is 45.2 Å². The quantitative estimate of drug-likeness (QED) is 0.307. The molecule has 1 saturated heterocycles. The predicted molar refractivity (Wildman–Crippen MR) is 103 cm³/mol. The summed E-state index contributed by atoms with van der Waals surface area (Å²) < 4.78 is 24.7. The van der Waals surface area contributed by atoms with Crippen LogP contribution in [-0.2, 0) is 21.0 Å². The average Bonchev–Trinajstić information content (AvgIpc) is 2.36. The molecule has 1 aliphatic rings. The zero-order valence-electron chi connectivity index (χ0n) is 10.2. The molecule has 2 unspecified atom stereocenters. The Hall–Kier alpha value is 1.01. The third-order valence-corrected chi connectivity index (χ3v) is 8.16. The minimum atomic E-state index is -3.49. The Kier molecular flexibility index (Phi) is 5.76. The van der Waals surface area contributed by atoms with E-state index in [2.05, 4.69) is 45.2 Å². The maximum Gasteiger partial charge on any atom is 0.263 e. The van der Waals surface area contributed by atoms with E-state index >= 15 is 0 Å². The van der Waals surface area contributed by atoms with Gasteiger partial charge in [-0.05, 0) is 11.6 Å². The SMILES string of the molecule is NS(=O)(=O)C1CN(Cc2ccn(I)c(=O)c2CI)C1I. The lowest BCUT2D eigenvalue weighted by Gasteiger charge is -2.43. The fourth-order valence-corrected chi connectivity index (χ4v) is 6.06. The Bertz CT molecular complexity index is 676. The highest BCUT2D eigenvalue weighted by Gasteiger charge is 2.44. The van der Waals surface area contributed by atoms with Crippen molar-refractivity contribution in [2.24, 2.45) is 5.14 Å². The molecule has 0 bridgehead atoms. The van der Waals surface area contributed by atoms with E-state index in [1.54, 1.807) is 6.20 Å². The zero-order chi connectivity index (χ0) is 15.1. The summed E-state index contributed by atoms with van der Waals surface area (Å²) in [7, 11) is -3.49. The van der Waals surface area contributed by atoms with Gasteiger partial charge in [-0.15, -0.1) is 0 Å². The van der Waals surface area contributed by atoms with Crippen molar-refractivity contribution in [3.8, 4) is 0 Å². The van der Waals surface area contributed by atoms with Gasteiger partial charge in [-0.25, -0.2) is 13.6 Å². The number of primary sulfonamides is 1. The van der Waals surface area contributed by atoms with E-state index in [0.717, 1.165) is 11.1 Å². The van der Waals surface area contributed by atoms with Crippen LogP contribution in [-0.4, -0.2) is 31.9 Å². The minimum Gasteiger partial charge on any atom is -0.285 e. The molecule has 2 heterocycles. The van der Waals surface area contributed by atoms with E-state index in [9.17, 15) is 13.2 Å². The standard InChI is InChI=1S/C10H12I3N3O3S/c11-3-7-6(1-2-16(13)10(7)17)4-15-5-8(9(15)12)20(14,18)19/h1-2,8-9H,3-5H2,(H2,14,18,19). The molecule has 1 aliphatic heterocycles. The second kappa shape index (κ2) is 6.64. The number of hydrogen-bond donors (Lipinski definition) is 1. The second-order valence-electron chi connectivity index (χ2n) is 4.50. The van der Waals surface area contributed by atoms with Crippen LogP contribution in [0.15, 0.2) is 17.1 Å². The number of alkyl halides is 2. The van der Waals surface area contributed by atoms with Crippen LogP contribution in [0.4, 0.5) is 0 Å². The van der Waals surface area contributed by atoms with Crippen LogP contribution in [0, 0.1) is 0 Å². The average molecular weight is 635 g/mol. The fraction of sp³-hybridized carbons (Fsp3) is 0.500. The molecule has 0 aliphatic carbocycles. The summed E-state index contributed by atoms with van der Waals surface area (Å²) in [4.78, 5) is 14.0. The number of rotatable bonds is 4. The summed E-state index contributed by atoms with van der Waals surface area (Å²) in [5.41, 5.74) is 1.71. The molecule has 6 nitrogen and oxygen atoms in total. The summed E-state index contributed by atoms with van der Waals surface area (Å²) in [6.45, 7) is 0.991.